The molecule has 3 aromatic rings. The normalized spacial score (nSPS) is 13.9. The molecular weight excluding hydrogens is 328 g/mol. The number of pyridine rings is 1. The molecule has 26 heavy (non-hydrogen) atoms. The van der Waals surface area contributed by atoms with Gasteiger partial charge in [-0.15, -0.1) is 0 Å². The van der Waals surface area contributed by atoms with Crippen LogP contribution in [0.4, 0.5) is 11.4 Å². The highest BCUT2D eigenvalue weighted by Crippen LogP contribution is 2.32. The number of nitrogens with zero attached hydrogens (tertiary/aromatic N) is 2. The van der Waals surface area contributed by atoms with E-state index >= 15 is 0 Å². The molecule has 1 aromatic heterocycles. The Labute approximate surface area is 150 Å². The van der Waals surface area contributed by atoms with Gasteiger partial charge in [0.1, 0.15) is 17.5 Å². The second-order valence-corrected chi connectivity index (χ2v) is 6.14. The summed E-state index contributed by atoms with van der Waals surface area (Å²) in [6, 6.07) is 17.2. The third-order valence-electron chi connectivity index (χ3n) is 4.34. The van der Waals surface area contributed by atoms with Gasteiger partial charge in [0.05, 0.1) is 11.2 Å². The van der Waals surface area contributed by atoms with Gasteiger partial charge in [-0.25, -0.2) is 4.98 Å². The van der Waals surface area contributed by atoms with E-state index in [2.05, 4.69) is 21.7 Å². The Balaban J connectivity index is 1.68. The minimum absolute atomic E-state index is 0.0418. The fraction of sp³-hybridized carbons (Fsp3) is 0.150. The average molecular weight is 344 g/mol. The van der Waals surface area contributed by atoms with Crippen molar-refractivity contribution in [1.82, 2.24) is 4.98 Å². The molecule has 1 aliphatic heterocycles. The Morgan fingerprint density at radius 1 is 1.27 bits per heavy atom. The Bertz CT molecular complexity index is 1060. The van der Waals surface area contributed by atoms with Gasteiger partial charge in [0, 0.05) is 17.1 Å². The van der Waals surface area contributed by atoms with Crippen LogP contribution in [0.3, 0.4) is 0 Å². The zero-order valence-electron chi connectivity index (χ0n) is 14.1. The van der Waals surface area contributed by atoms with Gasteiger partial charge in [-0.3, -0.25) is 4.79 Å². The molecule has 1 aliphatic rings. The van der Waals surface area contributed by atoms with Crippen LogP contribution in [0.2, 0.25) is 0 Å². The number of nitriles is 1. The van der Waals surface area contributed by atoms with Crippen molar-refractivity contribution in [2.45, 2.75) is 13.0 Å². The van der Waals surface area contributed by atoms with Crippen LogP contribution in [0.15, 0.2) is 48.5 Å². The van der Waals surface area contributed by atoms with Crippen LogP contribution >= 0.6 is 0 Å². The molecular formula is C20H16N4O2. The maximum absolute atomic E-state index is 11.5. The fourth-order valence-electron chi connectivity index (χ4n) is 3.04. The molecule has 6 nitrogen and oxygen atoms in total. The van der Waals surface area contributed by atoms with E-state index in [4.69, 9.17) is 4.74 Å². The predicted octanol–water partition coefficient (Wildman–Crippen LogP) is 3.61. The highest BCUT2D eigenvalue weighted by molar-refractivity contribution is 5.95. The molecule has 0 saturated carbocycles. The maximum atomic E-state index is 11.5. The summed E-state index contributed by atoms with van der Waals surface area (Å²) in [5.74, 6) is 0.510. The van der Waals surface area contributed by atoms with E-state index in [1.54, 1.807) is 6.07 Å². The number of fused-ring (bicyclic) bond motifs is 2. The number of rotatable bonds is 3. The molecule has 4 rings (SSSR count). The van der Waals surface area contributed by atoms with Crippen LogP contribution in [-0.2, 0) is 4.79 Å². The standard InChI is InChI=1S/C20H16N4O2/c1-12(13-6-7-19-18(8-13)24-20(25)11-26-19)22-17-9-14(10-21)23-16-5-3-2-4-15(16)17/h2-9,12H,11H2,1H3,(H,22,23)(H,24,25). The van der Waals surface area contributed by atoms with Crippen LogP contribution in [-0.4, -0.2) is 17.5 Å². The Morgan fingerprint density at radius 3 is 2.96 bits per heavy atom. The summed E-state index contributed by atoms with van der Waals surface area (Å²) < 4.78 is 5.40. The predicted molar refractivity (Wildman–Crippen MR) is 99.1 cm³/mol. The van der Waals surface area contributed by atoms with Crippen molar-refractivity contribution in [1.29, 1.82) is 5.26 Å². The lowest BCUT2D eigenvalue weighted by Crippen LogP contribution is -2.25. The third-order valence-corrected chi connectivity index (χ3v) is 4.34. The maximum Gasteiger partial charge on any atom is 0.262 e. The molecule has 0 saturated heterocycles. The summed E-state index contributed by atoms with van der Waals surface area (Å²) in [6.07, 6.45) is 0. The average Bonchev–Trinajstić information content (AvgIpc) is 2.67. The van der Waals surface area contributed by atoms with Crippen molar-refractivity contribution < 1.29 is 9.53 Å². The van der Waals surface area contributed by atoms with Crippen LogP contribution in [0.5, 0.6) is 5.75 Å². The van der Waals surface area contributed by atoms with Gasteiger partial charge in [-0.1, -0.05) is 24.3 Å². The Kier molecular flexibility index (Phi) is 3.90. The second kappa shape index (κ2) is 6.37. The van der Waals surface area contributed by atoms with E-state index in [1.807, 2.05) is 49.4 Å². The van der Waals surface area contributed by atoms with Gasteiger partial charge >= 0.3 is 0 Å². The van der Waals surface area contributed by atoms with E-state index in [9.17, 15) is 10.1 Å². The highest BCUT2D eigenvalue weighted by Gasteiger charge is 2.18. The molecule has 2 heterocycles. The molecule has 0 bridgehead atoms. The SMILES string of the molecule is CC(Nc1cc(C#N)nc2ccccc12)c1ccc2c(c1)NC(=O)CO2. The number of carbonyl (C=O) groups is 1. The minimum atomic E-state index is -0.158. The van der Waals surface area contributed by atoms with E-state index in [0.717, 1.165) is 22.2 Å². The monoisotopic (exact) mass is 344 g/mol. The first kappa shape index (κ1) is 15.9. The Morgan fingerprint density at radius 2 is 2.12 bits per heavy atom. The summed E-state index contributed by atoms with van der Waals surface area (Å²) >= 11 is 0. The molecule has 128 valence electrons. The fourth-order valence-corrected chi connectivity index (χ4v) is 3.04. The quantitative estimate of drug-likeness (QED) is 0.758. The van der Waals surface area contributed by atoms with Crippen molar-refractivity contribution in [2.24, 2.45) is 0 Å². The molecule has 2 aromatic carbocycles. The van der Waals surface area contributed by atoms with Crippen molar-refractivity contribution >= 4 is 28.2 Å². The lowest BCUT2D eigenvalue weighted by atomic mass is 10.1. The molecule has 1 atom stereocenters. The van der Waals surface area contributed by atoms with Crippen molar-refractivity contribution in [3.63, 3.8) is 0 Å². The molecule has 1 amide bonds. The number of benzene rings is 2. The number of nitrogens with one attached hydrogen (secondary N) is 2. The molecule has 6 heteroatoms. The van der Waals surface area contributed by atoms with Crippen molar-refractivity contribution in [3.05, 3.63) is 59.8 Å². The van der Waals surface area contributed by atoms with Gasteiger partial charge in [0.25, 0.3) is 5.91 Å². The summed E-state index contributed by atoms with van der Waals surface area (Å²) in [4.78, 5) is 15.9. The van der Waals surface area contributed by atoms with Gasteiger partial charge in [-0.2, -0.15) is 5.26 Å². The summed E-state index contributed by atoms with van der Waals surface area (Å²) in [5, 5.41) is 16.5. The summed E-state index contributed by atoms with van der Waals surface area (Å²) in [5.41, 5.74) is 3.65. The second-order valence-electron chi connectivity index (χ2n) is 6.14. The number of hydrogen-bond acceptors (Lipinski definition) is 5. The van der Waals surface area contributed by atoms with Gasteiger partial charge in [0.15, 0.2) is 6.61 Å². The summed E-state index contributed by atoms with van der Waals surface area (Å²) in [6.45, 7) is 2.06. The third kappa shape index (κ3) is 2.91. The summed E-state index contributed by atoms with van der Waals surface area (Å²) in [7, 11) is 0. The number of aromatic nitrogens is 1. The van der Waals surface area contributed by atoms with Gasteiger partial charge < -0.3 is 15.4 Å². The number of hydrogen-bond donors (Lipinski definition) is 2. The molecule has 2 N–H and O–H groups in total. The lowest BCUT2D eigenvalue weighted by Gasteiger charge is -2.22. The van der Waals surface area contributed by atoms with Crippen LogP contribution in [0.25, 0.3) is 10.9 Å². The van der Waals surface area contributed by atoms with E-state index in [0.29, 0.717) is 17.1 Å². The van der Waals surface area contributed by atoms with Gasteiger partial charge in [-0.05, 0) is 36.8 Å². The zero-order valence-corrected chi connectivity index (χ0v) is 14.1. The molecule has 0 radical (unpaired) electrons. The largest absolute Gasteiger partial charge is 0.482 e. The van der Waals surface area contributed by atoms with Crippen LogP contribution in [0.1, 0.15) is 24.2 Å². The van der Waals surface area contributed by atoms with E-state index < -0.39 is 0 Å². The van der Waals surface area contributed by atoms with E-state index in [1.165, 1.54) is 0 Å². The highest BCUT2D eigenvalue weighted by atomic mass is 16.5. The number of ether oxygens (including phenoxy) is 1. The van der Waals surface area contributed by atoms with Gasteiger partial charge in [0.2, 0.25) is 0 Å². The van der Waals surface area contributed by atoms with E-state index in [-0.39, 0.29) is 18.6 Å². The van der Waals surface area contributed by atoms with Crippen LogP contribution < -0.4 is 15.4 Å². The first-order valence-corrected chi connectivity index (χ1v) is 8.27. The molecule has 1 unspecified atom stereocenters. The zero-order chi connectivity index (χ0) is 18.1. The number of para-hydroxylation sites is 1. The minimum Gasteiger partial charge on any atom is -0.482 e. The first-order valence-electron chi connectivity index (χ1n) is 8.27. The number of carbonyl (C=O) groups excluding carboxylic acids is 1. The molecule has 0 spiro atoms. The van der Waals surface area contributed by atoms with Crippen LogP contribution in [0, 0.1) is 11.3 Å². The number of anilines is 2. The first-order chi connectivity index (χ1) is 12.6. The number of amides is 1. The lowest BCUT2D eigenvalue weighted by molar-refractivity contribution is -0.118. The molecule has 0 fully saturated rings. The smallest absolute Gasteiger partial charge is 0.262 e. The van der Waals surface area contributed by atoms with Crippen molar-refractivity contribution in [3.8, 4) is 11.8 Å². The Hall–Kier alpha value is -3.59. The molecule has 0 aliphatic carbocycles. The van der Waals surface area contributed by atoms with Crippen molar-refractivity contribution in [2.75, 3.05) is 17.2 Å². The topological polar surface area (TPSA) is 87.0 Å².